The van der Waals surface area contributed by atoms with Crippen molar-refractivity contribution in [3.8, 4) is 0 Å². The second kappa shape index (κ2) is 10.4. The lowest BCUT2D eigenvalue weighted by Crippen LogP contribution is -2.45. The number of anilines is 2. The normalized spacial score (nSPS) is 33.5. The number of aromatic nitrogens is 8. The van der Waals surface area contributed by atoms with Gasteiger partial charge in [0.1, 0.15) is 47.3 Å². The van der Waals surface area contributed by atoms with Gasteiger partial charge >= 0.3 is 6.72 Å². The van der Waals surface area contributed by atoms with Crippen LogP contribution in [0.3, 0.4) is 0 Å². The molecule has 22 heteroatoms. The van der Waals surface area contributed by atoms with Crippen LogP contribution in [0.25, 0.3) is 22.3 Å². The summed E-state index contributed by atoms with van der Waals surface area (Å²) >= 11 is 6.22. The number of nitrogens with zero attached hydrogens (tertiary/aromatic N) is 7. The van der Waals surface area contributed by atoms with Crippen LogP contribution in [0.15, 0.2) is 23.8 Å². The zero-order valence-electron chi connectivity index (χ0n) is 21.7. The SMILES string of the molecule is Nc1nc2c(ncn2[C@@H]2S[C@H](CO)[C@H](F)[C@H]2OP(O)(=S)OCC23CO[C@@H]([C@H](n4cnc5c(N)ncnc54)O2)[C@@H]3O)c(=O)[nH]1. The first-order chi connectivity index (χ1) is 20.5. The molecule has 4 aromatic heterocycles. The summed E-state index contributed by atoms with van der Waals surface area (Å²) in [7, 11) is 0. The van der Waals surface area contributed by atoms with Gasteiger partial charge in [-0.1, -0.05) is 0 Å². The fourth-order valence-electron chi connectivity index (χ4n) is 5.48. The van der Waals surface area contributed by atoms with E-state index in [1.807, 2.05) is 0 Å². The van der Waals surface area contributed by atoms with Gasteiger partial charge in [0.05, 0.1) is 37.7 Å². The number of ether oxygens (including phenoxy) is 2. The molecule has 3 saturated heterocycles. The number of fused-ring (bicyclic) bond motifs is 4. The Hall–Kier alpha value is -2.85. The number of imidazole rings is 2. The van der Waals surface area contributed by atoms with Crippen LogP contribution in [-0.2, 0) is 30.3 Å². The smallest absolute Gasteiger partial charge is 0.325 e. The third kappa shape index (κ3) is 4.62. The van der Waals surface area contributed by atoms with E-state index in [4.69, 9.17) is 41.8 Å². The van der Waals surface area contributed by atoms with E-state index in [0.717, 1.165) is 11.8 Å². The predicted molar refractivity (Wildman–Crippen MR) is 151 cm³/mol. The summed E-state index contributed by atoms with van der Waals surface area (Å²) in [5.74, 6) is -0.0209. The molecule has 9 atom stereocenters. The maximum atomic E-state index is 15.5. The van der Waals surface area contributed by atoms with Crippen molar-refractivity contribution in [2.24, 2.45) is 0 Å². The molecule has 8 N–H and O–H groups in total. The monoisotopic (exact) mass is 658 g/mol. The lowest BCUT2D eigenvalue weighted by atomic mass is 10.0. The summed E-state index contributed by atoms with van der Waals surface area (Å²) in [5, 5.41) is 18.9. The number of rotatable bonds is 8. The second-order valence-electron chi connectivity index (χ2n) is 10.2. The molecule has 43 heavy (non-hydrogen) atoms. The Balaban J connectivity index is 1.11. The molecule has 2 unspecified atom stereocenters. The van der Waals surface area contributed by atoms with Crippen LogP contribution in [0, 0.1) is 0 Å². The molecule has 0 spiro atoms. The third-order valence-electron chi connectivity index (χ3n) is 7.56. The molecular weight excluding hydrogens is 634 g/mol. The number of hydrogen-bond donors (Lipinski definition) is 6. The third-order valence-corrected chi connectivity index (χ3v) is 10.6. The number of hydrogen-bond acceptors (Lipinski definition) is 16. The first kappa shape index (κ1) is 28.9. The summed E-state index contributed by atoms with van der Waals surface area (Å²) in [6.07, 6.45) is -2.24. The van der Waals surface area contributed by atoms with Gasteiger partial charge in [-0.05, 0) is 11.8 Å². The summed E-state index contributed by atoms with van der Waals surface area (Å²) in [4.78, 5) is 46.1. The highest BCUT2D eigenvalue weighted by molar-refractivity contribution is 8.07. The number of nitrogens with one attached hydrogen (secondary N) is 1. The van der Waals surface area contributed by atoms with Crippen LogP contribution in [0.4, 0.5) is 16.2 Å². The van der Waals surface area contributed by atoms with E-state index >= 15 is 4.39 Å². The standard InChI is InChI=1S/C21H24FN10O8PS2/c22-8-7(1-33)43-19(32-6-28-10-16(32)29-20(24)30-17(10)35)11(8)40-41(36,42)38-3-21-2-37-12(13(21)34)18(39-21)31-5-27-9-14(23)25-4-26-15(9)31/h4-8,11-13,18-19,33-34H,1-3H2,(H,36,42)(H2,23,25,26)(H3,24,29,30,35)/t7-,8+,11-,12-,13+,18-,19-,21?,41?/m1/s1. The molecule has 0 radical (unpaired) electrons. The van der Waals surface area contributed by atoms with Crippen LogP contribution < -0.4 is 17.0 Å². The minimum absolute atomic E-state index is 0.0471. The Labute approximate surface area is 248 Å². The highest BCUT2D eigenvalue weighted by Gasteiger charge is 2.62. The highest BCUT2D eigenvalue weighted by Crippen LogP contribution is 2.56. The van der Waals surface area contributed by atoms with Crippen LogP contribution in [0.1, 0.15) is 11.6 Å². The molecule has 4 aromatic rings. The van der Waals surface area contributed by atoms with Crippen molar-refractivity contribution < 1.29 is 38.0 Å². The first-order valence-corrected chi connectivity index (χ1v) is 16.2. The number of nitrogens with two attached hydrogens (primary N) is 2. The van der Waals surface area contributed by atoms with Crippen LogP contribution in [0.5, 0.6) is 0 Å². The number of aliphatic hydroxyl groups is 2. The van der Waals surface area contributed by atoms with Crippen molar-refractivity contribution in [1.29, 1.82) is 0 Å². The molecule has 3 aliphatic heterocycles. The molecule has 2 bridgehead atoms. The number of halogens is 1. The average Bonchev–Trinajstić information content (AvgIpc) is 3.77. The van der Waals surface area contributed by atoms with E-state index in [-0.39, 0.29) is 29.5 Å². The molecule has 3 aliphatic rings. The van der Waals surface area contributed by atoms with E-state index in [1.165, 1.54) is 28.1 Å². The van der Waals surface area contributed by atoms with Crippen molar-refractivity contribution in [1.82, 2.24) is 39.0 Å². The molecule has 3 fully saturated rings. The Morgan fingerprint density at radius 3 is 2.79 bits per heavy atom. The minimum Gasteiger partial charge on any atom is -0.395 e. The van der Waals surface area contributed by atoms with Crippen molar-refractivity contribution in [3.05, 3.63) is 29.3 Å². The molecule has 18 nitrogen and oxygen atoms in total. The van der Waals surface area contributed by atoms with Gasteiger partial charge in [-0.25, -0.2) is 24.3 Å². The number of nitrogen functional groups attached to an aromatic ring is 2. The topological polar surface area (TPSA) is 257 Å². The number of aliphatic hydroxyl groups excluding tert-OH is 2. The lowest BCUT2D eigenvalue weighted by Gasteiger charge is -2.32. The summed E-state index contributed by atoms with van der Waals surface area (Å²) < 4.78 is 41.7. The van der Waals surface area contributed by atoms with Gasteiger partial charge in [-0.3, -0.25) is 23.4 Å². The highest BCUT2D eigenvalue weighted by atomic mass is 32.5. The van der Waals surface area contributed by atoms with Crippen molar-refractivity contribution in [2.45, 2.75) is 46.9 Å². The molecule has 0 aliphatic carbocycles. The van der Waals surface area contributed by atoms with Gasteiger partial charge in [0.15, 0.2) is 28.9 Å². The van der Waals surface area contributed by atoms with Crippen molar-refractivity contribution in [2.75, 3.05) is 31.3 Å². The summed E-state index contributed by atoms with van der Waals surface area (Å²) in [5.41, 5.74) is 10.2. The molecule has 0 aromatic carbocycles. The number of thioether (sulfide) groups is 1. The minimum atomic E-state index is -4.23. The maximum absolute atomic E-state index is 15.5. The zero-order chi connectivity index (χ0) is 30.3. The Morgan fingerprint density at radius 2 is 2.00 bits per heavy atom. The van der Waals surface area contributed by atoms with Gasteiger partial charge in [-0.15, -0.1) is 11.8 Å². The largest absolute Gasteiger partial charge is 0.395 e. The van der Waals surface area contributed by atoms with E-state index < -0.39 is 72.4 Å². The quantitative estimate of drug-likeness (QED) is 0.120. The molecule has 0 amide bonds. The maximum Gasteiger partial charge on any atom is 0.325 e. The van der Waals surface area contributed by atoms with Crippen LogP contribution in [0.2, 0.25) is 0 Å². The molecule has 0 saturated carbocycles. The second-order valence-corrected chi connectivity index (χ2v) is 14.3. The van der Waals surface area contributed by atoms with Gasteiger partial charge in [-0.2, -0.15) is 4.98 Å². The van der Waals surface area contributed by atoms with Crippen molar-refractivity contribution >= 4 is 64.4 Å². The predicted octanol–water partition coefficient (Wildman–Crippen LogP) is -1.29. The fraction of sp³-hybridized carbons (Fsp3) is 0.524. The Bertz CT molecular complexity index is 1830. The van der Waals surface area contributed by atoms with Gasteiger partial charge < -0.3 is 40.6 Å². The van der Waals surface area contributed by atoms with Crippen LogP contribution >= 0.6 is 18.5 Å². The molecule has 7 rings (SSSR count). The van der Waals surface area contributed by atoms with E-state index in [1.54, 1.807) is 0 Å². The molecule has 230 valence electrons. The first-order valence-electron chi connectivity index (χ1n) is 12.7. The van der Waals surface area contributed by atoms with E-state index in [0.29, 0.717) is 11.2 Å². The number of H-pyrrole nitrogens is 1. The summed E-state index contributed by atoms with van der Waals surface area (Å²) in [6.45, 7) is -5.35. The molecule has 7 heterocycles. The Morgan fingerprint density at radius 1 is 1.23 bits per heavy atom. The number of aromatic amines is 1. The zero-order valence-corrected chi connectivity index (χ0v) is 24.2. The van der Waals surface area contributed by atoms with Crippen LogP contribution in [-0.4, -0.2) is 109 Å². The van der Waals surface area contributed by atoms with Gasteiger partial charge in [0.25, 0.3) is 5.56 Å². The average molecular weight is 659 g/mol. The van der Waals surface area contributed by atoms with Gasteiger partial charge in [0, 0.05) is 0 Å². The van der Waals surface area contributed by atoms with Crippen molar-refractivity contribution in [3.63, 3.8) is 0 Å². The number of alkyl halides is 1. The van der Waals surface area contributed by atoms with E-state index in [2.05, 4.69) is 29.9 Å². The van der Waals surface area contributed by atoms with E-state index in [9.17, 15) is 19.9 Å². The summed E-state index contributed by atoms with van der Waals surface area (Å²) in [6, 6.07) is 0. The fourth-order valence-corrected chi connectivity index (χ4v) is 8.39. The lowest BCUT2D eigenvalue weighted by molar-refractivity contribution is -0.183. The Kier molecular flexibility index (Phi) is 6.96. The molecular formula is C21H24FN10O8PS2. The van der Waals surface area contributed by atoms with Gasteiger partial charge in [0.2, 0.25) is 5.95 Å².